The van der Waals surface area contributed by atoms with Crippen LogP contribution >= 0.6 is 0 Å². The molecule has 2 rings (SSSR count). The van der Waals surface area contributed by atoms with Gasteiger partial charge in [-0.25, -0.2) is 0 Å². The number of hydrogen-bond donors (Lipinski definition) is 0. The third-order valence-corrected chi connectivity index (χ3v) is 3.63. The molecule has 0 saturated carbocycles. The molecule has 0 N–H and O–H groups in total. The minimum Gasteiger partial charge on any atom is -0.198 e. The molecule has 0 bridgehead atoms. The van der Waals surface area contributed by atoms with E-state index in [1.165, 1.54) is 6.21 Å². The van der Waals surface area contributed by atoms with Crippen LogP contribution in [-0.4, -0.2) is 14.6 Å². The van der Waals surface area contributed by atoms with Gasteiger partial charge in [0.15, 0.2) is 5.57 Å². The van der Waals surface area contributed by atoms with E-state index in [0.717, 1.165) is 5.56 Å². The zero-order chi connectivity index (χ0) is 13.0. The molecular formula is C14H12NO2S+. The van der Waals surface area contributed by atoms with E-state index >= 15 is 0 Å². The van der Waals surface area contributed by atoms with Gasteiger partial charge in [-0.15, -0.1) is 4.40 Å². The van der Waals surface area contributed by atoms with Crippen LogP contribution < -0.4 is 0 Å². The summed E-state index contributed by atoms with van der Waals surface area (Å²) in [4.78, 5) is 0.195. The highest BCUT2D eigenvalue weighted by Gasteiger charge is 2.13. The predicted octanol–water partition coefficient (Wildman–Crippen LogP) is 2.61. The van der Waals surface area contributed by atoms with Crippen molar-refractivity contribution in [2.24, 2.45) is 4.40 Å². The molecular weight excluding hydrogens is 246 g/mol. The molecule has 18 heavy (non-hydrogen) atoms. The maximum absolute atomic E-state index is 11.9. The van der Waals surface area contributed by atoms with Crippen molar-refractivity contribution in [3.63, 3.8) is 0 Å². The molecule has 0 aromatic heterocycles. The molecule has 0 spiro atoms. The predicted molar refractivity (Wildman–Crippen MR) is 71.9 cm³/mol. The van der Waals surface area contributed by atoms with Crippen molar-refractivity contribution < 1.29 is 8.42 Å². The van der Waals surface area contributed by atoms with Crippen LogP contribution in [0.1, 0.15) is 5.56 Å². The molecule has 1 aromatic carbocycles. The summed E-state index contributed by atoms with van der Waals surface area (Å²) in [5.74, 6) is 0. The van der Waals surface area contributed by atoms with Crippen molar-refractivity contribution in [2.75, 3.05) is 0 Å². The van der Waals surface area contributed by atoms with Gasteiger partial charge in [0.05, 0.1) is 11.0 Å². The van der Waals surface area contributed by atoms with Gasteiger partial charge in [-0.2, -0.15) is 8.42 Å². The molecule has 1 aliphatic carbocycles. The standard InChI is InChI=1S/C14H12NO2S/c1-12-7-9-14(10-8-12)18(16,17)15-11-13-5-3-2-4-6-13/h2-5,7-11H,1H3/q+1/b15-11+. The molecule has 0 aliphatic heterocycles. The van der Waals surface area contributed by atoms with Crippen molar-refractivity contribution in [3.8, 4) is 0 Å². The van der Waals surface area contributed by atoms with Crippen LogP contribution in [0.5, 0.6) is 0 Å². The first-order valence-corrected chi connectivity index (χ1v) is 6.86. The fourth-order valence-electron chi connectivity index (χ4n) is 1.38. The van der Waals surface area contributed by atoms with E-state index in [0.29, 0.717) is 5.57 Å². The summed E-state index contributed by atoms with van der Waals surface area (Å²) in [6.45, 7) is 1.90. The highest BCUT2D eigenvalue weighted by Crippen LogP contribution is 2.13. The minimum absolute atomic E-state index is 0.195. The summed E-state index contributed by atoms with van der Waals surface area (Å²) in [5.41, 5.74) is 1.64. The topological polar surface area (TPSA) is 46.5 Å². The molecule has 0 radical (unpaired) electrons. The highest BCUT2D eigenvalue weighted by atomic mass is 32.2. The van der Waals surface area contributed by atoms with Crippen LogP contribution in [0.25, 0.3) is 0 Å². The van der Waals surface area contributed by atoms with Gasteiger partial charge in [0.2, 0.25) is 0 Å². The third-order valence-electron chi connectivity index (χ3n) is 2.38. The number of rotatable bonds is 3. The number of allylic oxidation sites excluding steroid dienone is 6. The van der Waals surface area contributed by atoms with Crippen molar-refractivity contribution >= 4 is 16.2 Å². The van der Waals surface area contributed by atoms with Gasteiger partial charge >= 0.3 is 0 Å². The Hall–Kier alpha value is -2.03. The Labute approximate surface area is 107 Å². The Morgan fingerprint density at radius 3 is 2.50 bits per heavy atom. The molecule has 0 unspecified atom stereocenters. The monoisotopic (exact) mass is 258 g/mol. The first-order chi connectivity index (χ1) is 8.58. The summed E-state index contributed by atoms with van der Waals surface area (Å²) in [6.07, 6.45) is 11.3. The molecule has 0 amide bonds. The second-order valence-electron chi connectivity index (χ2n) is 3.84. The lowest BCUT2D eigenvalue weighted by atomic mass is 10.2. The Morgan fingerprint density at radius 2 is 1.89 bits per heavy atom. The maximum Gasteiger partial charge on any atom is 0.291 e. The zero-order valence-electron chi connectivity index (χ0n) is 9.87. The Balaban J connectivity index is 2.25. The Bertz CT molecular complexity index is 648. The molecule has 90 valence electrons. The number of sulfonamides is 1. The fraction of sp³-hybridized carbons (Fsp3) is 0.0714. The molecule has 0 saturated heterocycles. The summed E-state index contributed by atoms with van der Waals surface area (Å²) in [6, 6.07) is 6.60. The molecule has 3 nitrogen and oxygen atoms in total. The van der Waals surface area contributed by atoms with Gasteiger partial charge in [0, 0.05) is 24.3 Å². The smallest absolute Gasteiger partial charge is 0.198 e. The Kier molecular flexibility index (Phi) is 3.51. The third kappa shape index (κ3) is 3.00. The van der Waals surface area contributed by atoms with Crippen LogP contribution in [-0.2, 0) is 10.0 Å². The second-order valence-corrected chi connectivity index (χ2v) is 5.47. The van der Waals surface area contributed by atoms with Crippen molar-refractivity contribution in [1.29, 1.82) is 0 Å². The van der Waals surface area contributed by atoms with Gasteiger partial charge in [0.1, 0.15) is 6.21 Å². The van der Waals surface area contributed by atoms with Crippen molar-refractivity contribution in [3.05, 3.63) is 65.8 Å². The number of hydrogen-bond acceptors (Lipinski definition) is 2. The first-order valence-electron chi connectivity index (χ1n) is 5.42. The van der Waals surface area contributed by atoms with Crippen LogP contribution in [0.4, 0.5) is 0 Å². The van der Waals surface area contributed by atoms with Crippen LogP contribution in [0.2, 0.25) is 0 Å². The molecule has 4 heteroatoms. The SMILES string of the molecule is Cc1ccc(S(=O)(=O)/N=C/C2=CC=CC=[C+]2)cc1. The average molecular weight is 258 g/mol. The molecule has 0 atom stereocenters. The Morgan fingerprint density at radius 1 is 1.17 bits per heavy atom. The lowest BCUT2D eigenvalue weighted by Crippen LogP contribution is -1.98. The van der Waals surface area contributed by atoms with Crippen LogP contribution in [0.15, 0.2) is 63.4 Å². The number of aryl methyl sites for hydroxylation is 1. The zero-order valence-corrected chi connectivity index (χ0v) is 10.7. The first kappa shape index (κ1) is 12.4. The van der Waals surface area contributed by atoms with Gasteiger partial charge in [-0.05, 0) is 19.1 Å². The summed E-state index contributed by atoms with van der Waals surface area (Å²) in [5, 5.41) is 0. The molecule has 0 fully saturated rings. The summed E-state index contributed by atoms with van der Waals surface area (Å²) >= 11 is 0. The maximum atomic E-state index is 11.9. The van der Waals surface area contributed by atoms with E-state index in [2.05, 4.69) is 10.5 Å². The van der Waals surface area contributed by atoms with E-state index in [-0.39, 0.29) is 4.90 Å². The second kappa shape index (κ2) is 5.08. The number of nitrogens with zero attached hydrogens (tertiary/aromatic N) is 1. The molecule has 1 aliphatic rings. The van der Waals surface area contributed by atoms with Crippen LogP contribution in [0, 0.1) is 13.0 Å². The van der Waals surface area contributed by atoms with E-state index in [4.69, 9.17) is 0 Å². The van der Waals surface area contributed by atoms with Gasteiger partial charge in [0.25, 0.3) is 10.0 Å². The number of benzene rings is 1. The minimum atomic E-state index is -3.63. The van der Waals surface area contributed by atoms with Gasteiger partial charge in [-0.1, -0.05) is 17.7 Å². The van der Waals surface area contributed by atoms with E-state index in [9.17, 15) is 8.42 Å². The normalized spacial score (nSPS) is 14.6. The van der Waals surface area contributed by atoms with Crippen molar-refractivity contribution in [2.45, 2.75) is 11.8 Å². The van der Waals surface area contributed by atoms with E-state index in [1.807, 2.05) is 13.0 Å². The van der Waals surface area contributed by atoms with Gasteiger partial charge < -0.3 is 0 Å². The van der Waals surface area contributed by atoms with E-state index in [1.54, 1.807) is 42.5 Å². The molecule has 1 aromatic rings. The summed E-state index contributed by atoms with van der Waals surface area (Å²) < 4.78 is 27.5. The van der Waals surface area contributed by atoms with Gasteiger partial charge in [-0.3, -0.25) is 0 Å². The molecule has 0 heterocycles. The lowest BCUT2D eigenvalue weighted by molar-refractivity contribution is 0.598. The highest BCUT2D eigenvalue weighted by molar-refractivity contribution is 7.90. The fourth-order valence-corrected chi connectivity index (χ4v) is 2.24. The quantitative estimate of drug-likeness (QED) is 0.618. The lowest BCUT2D eigenvalue weighted by Gasteiger charge is -1.97. The summed E-state index contributed by atoms with van der Waals surface area (Å²) in [7, 11) is -3.63. The van der Waals surface area contributed by atoms with E-state index < -0.39 is 10.0 Å². The van der Waals surface area contributed by atoms with Crippen LogP contribution in [0.3, 0.4) is 0 Å². The average Bonchev–Trinajstić information content (AvgIpc) is 2.38. The largest absolute Gasteiger partial charge is 0.291 e. The van der Waals surface area contributed by atoms with Crippen molar-refractivity contribution in [1.82, 2.24) is 0 Å².